The van der Waals surface area contributed by atoms with Crippen molar-refractivity contribution >= 4 is 23.1 Å². The van der Waals surface area contributed by atoms with Gasteiger partial charge in [-0.05, 0) is 51.4 Å². The first-order valence-corrected chi connectivity index (χ1v) is 15.4. The SMILES string of the molecule is CCC(=O)C(=O)C(C)(C)C.CCC(=O)C(C)(N=O)C(C)=O.COC1Cc2cccc(OCC(O)CNC(C)(C)C)c2CC1OC. The number of Topliss-reactive ketones (excluding diaryl/α,β-unsaturated/α-hetero) is 4. The second kappa shape index (κ2) is 19.0. The van der Waals surface area contributed by atoms with Crippen LogP contribution in [-0.4, -0.2) is 85.0 Å². The quantitative estimate of drug-likeness (QED) is 0.178. The maximum Gasteiger partial charge on any atom is 0.215 e. The van der Waals surface area contributed by atoms with Gasteiger partial charge in [-0.25, -0.2) is 0 Å². The number of ether oxygens (including phenoxy) is 3. The molecule has 0 saturated carbocycles. The van der Waals surface area contributed by atoms with Gasteiger partial charge in [-0.3, -0.25) is 19.2 Å². The fourth-order valence-corrected chi connectivity index (χ4v) is 4.22. The number of carbonyl (C=O) groups is 4. The van der Waals surface area contributed by atoms with Crippen LogP contribution in [0.4, 0.5) is 0 Å². The smallest absolute Gasteiger partial charge is 0.215 e. The summed E-state index contributed by atoms with van der Waals surface area (Å²) < 4.78 is 17.0. The van der Waals surface area contributed by atoms with Crippen LogP contribution in [0, 0.1) is 10.3 Å². The first-order valence-electron chi connectivity index (χ1n) is 15.4. The van der Waals surface area contributed by atoms with E-state index < -0.39 is 28.6 Å². The number of hydrogen-bond acceptors (Lipinski definition) is 11. The van der Waals surface area contributed by atoms with Gasteiger partial charge < -0.3 is 24.6 Å². The van der Waals surface area contributed by atoms with E-state index in [4.69, 9.17) is 14.2 Å². The Balaban J connectivity index is 0.000000766. The van der Waals surface area contributed by atoms with E-state index >= 15 is 0 Å². The minimum absolute atomic E-state index is 0.0201. The van der Waals surface area contributed by atoms with Crippen molar-refractivity contribution in [3.63, 3.8) is 0 Å². The van der Waals surface area contributed by atoms with Gasteiger partial charge in [-0.1, -0.05) is 46.8 Å². The standard InChI is InChI=1S/C19H31NO4.C8H14O2.C7H11NO3/c1-19(2,3)20-11-14(21)12-24-16-8-6-7-13-9-17(22-4)18(23-5)10-15(13)16;1-5-6(9)7(10)8(2,3)4;1-4-6(10)7(3,8-11)5(2)9/h6-8,14,17-18,20-21H,9-12H2,1-5H3;5H2,1-4H3;4H2,1-3H3. The number of aliphatic hydroxyl groups excluding tert-OH is 1. The third-order valence-electron chi connectivity index (χ3n) is 7.36. The van der Waals surface area contributed by atoms with Crippen molar-refractivity contribution in [1.82, 2.24) is 5.32 Å². The highest BCUT2D eigenvalue weighted by Gasteiger charge is 2.38. The molecule has 0 spiro atoms. The van der Waals surface area contributed by atoms with Gasteiger partial charge >= 0.3 is 0 Å². The summed E-state index contributed by atoms with van der Waals surface area (Å²) in [6, 6.07) is 6.06. The number of methoxy groups -OCH3 is 2. The number of nitrogens with one attached hydrogen (secondary N) is 1. The number of fused-ring (bicyclic) bond motifs is 1. The molecule has 256 valence electrons. The van der Waals surface area contributed by atoms with Crippen LogP contribution in [0.25, 0.3) is 0 Å². The molecule has 1 aliphatic carbocycles. The van der Waals surface area contributed by atoms with E-state index in [-0.39, 0.29) is 42.3 Å². The zero-order valence-electron chi connectivity index (χ0n) is 29.4. The first-order chi connectivity index (χ1) is 20.7. The summed E-state index contributed by atoms with van der Waals surface area (Å²) in [5.41, 5.74) is 0.207. The second-order valence-corrected chi connectivity index (χ2v) is 13.3. The van der Waals surface area contributed by atoms with Crippen LogP contribution in [0.5, 0.6) is 5.75 Å². The van der Waals surface area contributed by atoms with Crippen molar-refractivity contribution in [2.24, 2.45) is 10.6 Å². The van der Waals surface area contributed by atoms with Crippen LogP contribution < -0.4 is 10.1 Å². The van der Waals surface area contributed by atoms with E-state index in [1.54, 1.807) is 48.8 Å². The molecule has 4 atom stereocenters. The fraction of sp³-hybridized carbons (Fsp3) is 0.706. The molecule has 0 radical (unpaired) electrons. The maximum absolute atomic E-state index is 11.0. The van der Waals surface area contributed by atoms with Crippen molar-refractivity contribution in [3.8, 4) is 5.75 Å². The Morgan fingerprint density at radius 3 is 1.89 bits per heavy atom. The fourth-order valence-electron chi connectivity index (χ4n) is 4.22. The average Bonchev–Trinajstić information content (AvgIpc) is 2.99. The molecule has 2 rings (SSSR count). The lowest BCUT2D eigenvalue weighted by Crippen LogP contribution is -2.42. The molecule has 0 aromatic heterocycles. The molecule has 45 heavy (non-hydrogen) atoms. The Bertz CT molecular complexity index is 1140. The van der Waals surface area contributed by atoms with Gasteiger partial charge in [0.1, 0.15) is 18.5 Å². The van der Waals surface area contributed by atoms with E-state index in [9.17, 15) is 29.2 Å². The van der Waals surface area contributed by atoms with E-state index in [0.29, 0.717) is 13.0 Å². The highest BCUT2D eigenvalue weighted by atomic mass is 16.5. The minimum Gasteiger partial charge on any atom is -0.491 e. The summed E-state index contributed by atoms with van der Waals surface area (Å²) in [4.78, 5) is 53.8. The molecular weight excluding hydrogens is 580 g/mol. The minimum atomic E-state index is -1.66. The van der Waals surface area contributed by atoms with Crippen molar-refractivity contribution in [3.05, 3.63) is 34.2 Å². The number of aliphatic hydroxyl groups is 1. The van der Waals surface area contributed by atoms with E-state index in [1.807, 2.05) is 12.1 Å². The van der Waals surface area contributed by atoms with E-state index in [1.165, 1.54) is 19.4 Å². The molecule has 0 aliphatic heterocycles. The van der Waals surface area contributed by atoms with Gasteiger partial charge in [0, 0.05) is 63.0 Å². The summed E-state index contributed by atoms with van der Waals surface area (Å²) in [6.07, 6.45) is 1.59. The number of carbonyl (C=O) groups excluding carboxylic acids is 4. The van der Waals surface area contributed by atoms with E-state index in [0.717, 1.165) is 24.2 Å². The maximum atomic E-state index is 11.0. The molecule has 0 bridgehead atoms. The molecule has 1 aliphatic rings. The molecule has 2 N–H and O–H groups in total. The predicted molar refractivity (Wildman–Crippen MR) is 175 cm³/mol. The number of rotatable bonds is 13. The first kappa shape index (κ1) is 42.1. The van der Waals surface area contributed by atoms with Crippen LogP contribution in [0.2, 0.25) is 0 Å². The predicted octanol–water partition coefficient (Wildman–Crippen LogP) is 4.60. The third kappa shape index (κ3) is 14.0. The monoisotopic (exact) mass is 636 g/mol. The summed E-state index contributed by atoms with van der Waals surface area (Å²) in [5, 5.41) is 15.9. The number of nitrogens with zero attached hydrogens (tertiary/aromatic N) is 1. The molecule has 0 fully saturated rings. The molecule has 11 nitrogen and oxygen atoms in total. The van der Waals surface area contributed by atoms with Gasteiger partial charge in [0.25, 0.3) is 0 Å². The molecule has 0 amide bonds. The van der Waals surface area contributed by atoms with Gasteiger partial charge in [-0.15, -0.1) is 4.91 Å². The van der Waals surface area contributed by atoms with Crippen LogP contribution in [0.3, 0.4) is 0 Å². The third-order valence-corrected chi connectivity index (χ3v) is 7.36. The zero-order valence-corrected chi connectivity index (χ0v) is 29.4. The van der Waals surface area contributed by atoms with Crippen molar-refractivity contribution in [1.29, 1.82) is 0 Å². The van der Waals surface area contributed by atoms with Gasteiger partial charge in [0.05, 0.1) is 12.2 Å². The topological polar surface area (TPSA) is 158 Å². The van der Waals surface area contributed by atoms with Crippen LogP contribution in [0.15, 0.2) is 23.4 Å². The molecule has 4 unspecified atom stereocenters. The van der Waals surface area contributed by atoms with Gasteiger partial charge in [-0.2, -0.15) is 0 Å². The van der Waals surface area contributed by atoms with Crippen LogP contribution >= 0.6 is 0 Å². The summed E-state index contributed by atoms with van der Waals surface area (Å²) in [5.74, 6) is -0.638. The summed E-state index contributed by atoms with van der Waals surface area (Å²) >= 11 is 0. The number of hydrogen-bond donors (Lipinski definition) is 2. The summed E-state index contributed by atoms with van der Waals surface area (Å²) in [7, 11) is 3.44. The lowest BCUT2D eigenvalue weighted by molar-refractivity contribution is -0.141. The van der Waals surface area contributed by atoms with E-state index in [2.05, 4.69) is 37.3 Å². The number of benzene rings is 1. The molecule has 11 heteroatoms. The highest BCUT2D eigenvalue weighted by Crippen LogP contribution is 2.32. The lowest BCUT2D eigenvalue weighted by atomic mass is 9.87. The Labute approximate surface area is 269 Å². The summed E-state index contributed by atoms with van der Waals surface area (Å²) in [6.45, 7) is 18.0. The lowest BCUT2D eigenvalue weighted by Gasteiger charge is -2.32. The zero-order chi connectivity index (χ0) is 35.2. The van der Waals surface area contributed by atoms with Crippen molar-refractivity contribution in [2.45, 2.75) is 124 Å². The van der Waals surface area contributed by atoms with Crippen molar-refractivity contribution < 1.29 is 38.5 Å². The van der Waals surface area contributed by atoms with Gasteiger partial charge in [0.2, 0.25) is 11.3 Å². The molecular formula is C34H56N2O9. The molecule has 0 saturated heterocycles. The normalized spacial score (nSPS) is 18.0. The Morgan fingerprint density at radius 1 is 0.956 bits per heavy atom. The molecule has 1 aromatic carbocycles. The Kier molecular flexibility index (Phi) is 17.7. The number of β-amino-alcohol motifs (C(OH)–C–C–N with tert-alkyl or cyclic N) is 1. The number of nitroso groups, excluding NO2 is 1. The average molecular weight is 637 g/mol. The highest BCUT2D eigenvalue weighted by molar-refractivity contribution is 6.38. The van der Waals surface area contributed by atoms with Crippen LogP contribution in [0.1, 0.15) is 93.2 Å². The largest absolute Gasteiger partial charge is 0.491 e. The second-order valence-electron chi connectivity index (χ2n) is 13.3. The molecule has 0 heterocycles. The van der Waals surface area contributed by atoms with Crippen molar-refractivity contribution in [2.75, 3.05) is 27.4 Å². The molecule has 1 aromatic rings. The Morgan fingerprint density at radius 2 is 1.51 bits per heavy atom. The van der Waals surface area contributed by atoms with Gasteiger partial charge in [0.15, 0.2) is 17.3 Å². The Hall–Kier alpha value is -2.86. The van der Waals surface area contributed by atoms with Crippen LogP contribution in [-0.2, 0) is 41.5 Å². The number of ketones is 4.